The van der Waals surface area contributed by atoms with Gasteiger partial charge in [-0.25, -0.2) is 4.39 Å². The van der Waals surface area contributed by atoms with E-state index >= 15 is 0 Å². The lowest BCUT2D eigenvalue weighted by Crippen LogP contribution is -2.27. The van der Waals surface area contributed by atoms with Crippen LogP contribution in [0.5, 0.6) is 5.75 Å². The molecule has 0 fully saturated rings. The smallest absolute Gasteiger partial charge is 0.123 e. The number of methoxy groups -OCH3 is 1. The van der Waals surface area contributed by atoms with Crippen LogP contribution in [0.4, 0.5) is 4.39 Å². The van der Waals surface area contributed by atoms with Crippen LogP contribution >= 0.6 is 0 Å². The summed E-state index contributed by atoms with van der Waals surface area (Å²) < 4.78 is 18.1. The summed E-state index contributed by atoms with van der Waals surface area (Å²) in [5.74, 6) is 0.489. The number of benzene rings is 1. The van der Waals surface area contributed by atoms with Crippen molar-refractivity contribution in [2.45, 2.75) is 6.42 Å². The van der Waals surface area contributed by atoms with Crippen LogP contribution in [0.25, 0.3) is 0 Å². The molecule has 1 rings (SSSR count). The maximum atomic E-state index is 13.0. The van der Waals surface area contributed by atoms with Crippen molar-refractivity contribution in [3.05, 3.63) is 29.6 Å². The van der Waals surface area contributed by atoms with Crippen molar-refractivity contribution in [2.24, 2.45) is 5.73 Å². The molecule has 0 aliphatic heterocycles. The molecule has 0 saturated carbocycles. The van der Waals surface area contributed by atoms with E-state index in [2.05, 4.69) is 0 Å². The van der Waals surface area contributed by atoms with Gasteiger partial charge in [0.25, 0.3) is 0 Å². The van der Waals surface area contributed by atoms with Gasteiger partial charge in [0.1, 0.15) is 11.6 Å². The van der Waals surface area contributed by atoms with Crippen LogP contribution in [0.2, 0.25) is 0 Å². The largest absolute Gasteiger partial charge is 0.496 e. The van der Waals surface area contributed by atoms with E-state index in [9.17, 15) is 4.39 Å². The summed E-state index contributed by atoms with van der Waals surface area (Å²) in [6.07, 6.45) is 0.731. The van der Waals surface area contributed by atoms with E-state index in [-0.39, 0.29) is 5.82 Å². The van der Waals surface area contributed by atoms with Gasteiger partial charge in [0.15, 0.2) is 0 Å². The van der Waals surface area contributed by atoms with Crippen molar-refractivity contribution in [3.8, 4) is 5.75 Å². The topological polar surface area (TPSA) is 38.5 Å². The second-order valence-electron chi connectivity index (χ2n) is 3.47. The number of halogens is 1. The molecule has 3 nitrogen and oxygen atoms in total. The third-order valence-corrected chi connectivity index (χ3v) is 2.32. The molecule has 1 aromatic rings. The summed E-state index contributed by atoms with van der Waals surface area (Å²) in [7, 11) is 3.51. The second-order valence-corrected chi connectivity index (χ2v) is 3.47. The molecule has 0 saturated heterocycles. The molecular formula is C11H17FN2O. The first-order chi connectivity index (χ1) is 7.17. The van der Waals surface area contributed by atoms with Gasteiger partial charge in [-0.05, 0) is 37.2 Å². The molecule has 0 spiro atoms. The summed E-state index contributed by atoms with van der Waals surface area (Å²) in [4.78, 5) is 1.96. The van der Waals surface area contributed by atoms with E-state index in [1.54, 1.807) is 13.2 Å². The fourth-order valence-electron chi connectivity index (χ4n) is 1.35. The van der Waals surface area contributed by atoms with Crippen molar-refractivity contribution >= 4 is 0 Å². The van der Waals surface area contributed by atoms with Crippen LogP contribution in [0, 0.1) is 5.82 Å². The number of nitrogens with two attached hydrogens (primary N) is 1. The van der Waals surface area contributed by atoms with Gasteiger partial charge in [0.05, 0.1) is 7.11 Å². The predicted molar refractivity (Wildman–Crippen MR) is 58.3 cm³/mol. The van der Waals surface area contributed by atoms with Gasteiger partial charge in [-0.2, -0.15) is 0 Å². The summed E-state index contributed by atoms with van der Waals surface area (Å²) in [5.41, 5.74) is 6.33. The fourth-order valence-corrected chi connectivity index (χ4v) is 1.35. The Balaban J connectivity index is 2.69. The van der Waals surface area contributed by atoms with E-state index in [4.69, 9.17) is 10.5 Å². The SMILES string of the molecule is COc1ccc(F)cc1CCN(C)CN. The minimum absolute atomic E-state index is 0.235. The van der Waals surface area contributed by atoms with Crippen LogP contribution in [-0.2, 0) is 6.42 Å². The summed E-state index contributed by atoms with van der Waals surface area (Å²) >= 11 is 0. The highest BCUT2D eigenvalue weighted by atomic mass is 19.1. The van der Waals surface area contributed by atoms with Crippen LogP contribution in [0.15, 0.2) is 18.2 Å². The lowest BCUT2D eigenvalue weighted by atomic mass is 10.1. The number of hydrogen-bond acceptors (Lipinski definition) is 3. The standard InChI is InChI=1S/C11H17FN2O/c1-14(8-13)6-5-9-7-10(12)3-4-11(9)15-2/h3-4,7H,5-6,8,13H2,1-2H3. The van der Waals surface area contributed by atoms with Crippen molar-refractivity contribution in [1.82, 2.24) is 4.90 Å². The molecule has 0 radical (unpaired) electrons. The van der Waals surface area contributed by atoms with Gasteiger partial charge in [0.2, 0.25) is 0 Å². The minimum Gasteiger partial charge on any atom is -0.496 e. The highest BCUT2D eigenvalue weighted by Gasteiger charge is 2.05. The Hall–Kier alpha value is -1.13. The number of nitrogens with zero attached hydrogens (tertiary/aromatic N) is 1. The average Bonchev–Trinajstić information content (AvgIpc) is 2.26. The first-order valence-corrected chi connectivity index (χ1v) is 4.88. The zero-order valence-electron chi connectivity index (χ0n) is 9.16. The molecule has 0 aliphatic carbocycles. The molecule has 0 bridgehead atoms. The molecular weight excluding hydrogens is 195 g/mol. The molecule has 84 valence electrons. The van der Waals surface area contributed by atoms with Crippen LogP contribution < -0.4 is 10.5 Å². The summed E-state index contributed by atoms with van der Waals surface area (Å²) in [5, 5.41) is 0. The highest BCUT2D eigenvalue weighted by Crippen LogP contribution is 2.19. The van der Waals surface area contributed by atoms with Crippen LogP contribution in [0.3, 0.4) is 0 Å². The van der Waals surface area contributed by atoms with Crippen molar-refractivity contribution < 1.29 is 9.13 Å². The Bertz CT molecular complexity index is 317. The molecule has 1 aromatic carbocycles. The monoisotopic (exact) mass is 212 g/mol. The zero-order chi connectivity index (χ0) is 11.3. The van der Waals surface area contributed by atoms with Gasteiger partial charge in [-0.15, -0.1) is 0 Å². The lowest BCUT2D eigenvalue weighted by Gasteiger charge is -2.14. The third-order valence-electron chi connectivity index (χ3n) is 2.32. The first kappa shape index (κ1) is 11.9. The Morgan fingerprint density at radius 2 is 2.20 bits per heavy atom. The van der Waals surface area contributed by atoms with Crippen LogP contribution in [-0.4, -0.2) is 32.3 Å². The summed E-state index contributed by atoms with van der Waals surface area (Å²) in [6.45, 7) is 1.29. The van der Waals surface area contributed by atoms with E-state index in [0.29, 0.717) is 6.67 Å². The predicted octanol–water partition coefficient (Wildman–Crippen LogP) is 1.22. The normalized spacial score (nSPS) is 10.7. The number of hydrogen-bond donors (Lipinski definition) is 1. The molecule has 15 heavy (non-hydrogen) atoms. The number of rotatable bonds is 5. The van der Waals surface area contributed by atoms with Gasteiger partial charge in [0, 0.05) is 13.2 Å². The van der Waals surface area contributed by atoms with Crippen LogP contribution in [0.1, 0.15) is 5.56 Å². The van der Waals surface area contributed by atoms with Crippen molar-refractivity contribution in [3.63, 3.8) is 0 Å². The molecule has 0 amide bonds. The maximum Gasteiger partial charge on any atom is 0.123 e. The Kier molecular flexibility index (Phi) is 4.52. The molecule has 4 heteroatoms. The van der Waals surface area contributed by atoms with Gasteiger partial charge >= 0.3 is 0 Å². The molecule has 0 atom stereocenters. The van der Waals surface area contributed by atoms with E-state index in [1.165, 1.54) is 12.1 Å². The third kappa shape index (κ3) is 3.49. The average molecular weight is 212 g/mol. The Morgan fingerprint density at radius 1 is 1.47 bits per heavy atom. The van der Waals surface area contributed by atoms with Gasteiger partial charge in [-0.3, -0.25) is 4.90 Å². The first-order valence-electron chi connectivity index (χ1n) is 4.88. The van der Waals surface area contributed by atoms with Crippen molar-refractivity contribution in [2.75, 3.05) is 27.4 Å². The zero-order valence-corrected chi connectivity index (χ0v) is 9.16. The second kappa shape index (κ2) is 5.68. The lowest BCUT2D eigenvalue weighted by molar-refractivity contribution is 0.344. The number of ether oxygens (including phenoxy) is 1. The molecule has 2 N–H and O–H groups in total. The Morgan fingerprint density at radius 3 is 2.80 bits per heavy atom. The number of likely N-dealkylation sites (N-methyl/N-ethyl adjacent to an activating group) is 1. The summed E-state index contributed by atoms with van der Waals surface area (Å²) in [6, 6.07) is 4.55. The van der Waals surface area contributed by atoms with E-state index < -0.39 is 0 Å². The molecule has 0 heterocycles. The molecule has 0 unspecified atom stereocenters. The molecule has 0 aromatic heterocycles. The van der Waals surface area contributed by atoms with Gasteiger partial charge < -0.3 is 10.5 Å². The fraction of sp³-hybridized carbons (Fsp3) is 0.455. The van der Waals surface area contributed by atoms with Crippen molar-refractivity contribution in [1.29, 1.82) is 0 Å². The van der Waals surface area contributed by atoms with E-state index in [1.807, 2.05) is 11.9 Å². The molecule has 0 aliphatic rings. The quantitative estimate of drug-likeness (QED) is 0.746. The van der Waals surface area contributed by atoms with Gasteiger partial charge in [-0.1, -0.05) is 0 Å². The van der Waals surface area contributed by atoms with E-state index in [0.717, 1.165) is 24.3 Å². The highest BCUT2D eigenvalue weighted by molar-refractivity contribution is 5.34. The minimum atomic E-state index is -0.235. The Labute approximate surface area is 89.6 Å². The maximum absolute atomic E-state index is 13.0.